The lowest BCUT2D eigenvalue weighted by Gasteiger charge is -2.28. The number of rotatable bonds is 13. The highest BCUT2D eigenvalue weighted by Gasteiger charge is 2.34. The molecule has 0 aliphatic rings. The Bertz CT molecular complexity index is 556. The van der Waals surface area contributed by atoms with Gasteiger partial charge in [0.05, 0.1) is 12.6 Å². The van der Waals surface area contributed by atoms with Crippen molar-refractivity contribution in [1.29, 1.82) is 0 Å². The Morgan fingerprint density at radius 2 is 1.70 bits per heavy atom. The fraction of sp³-hybridized carbons (Fsp3) is 0.812. The van der Waals surface area contributed by atoms with Crippen LogP contribution in [0, 0.1) is 11.8 Å². The average Bonchev–Trinajstić information content (AvgIpc) is 2.55. The number of aliphatic carboxylic acids is 1. The van der Waals surface area contributed by atoms with Gasteiger partial charge in [0.25, 0.3) is 0 Å². The summed E-state index contributed by atoms with van der Waals surface area (Å²) in [6.07, 6.45) is 0.823. The molecule has 5 N–H and O–H groups in total. The molecular weight excluding hydrogens is 377 g/mol. The Hall–Kier alpha value is -1.48. The lowest BCUT2D eigenvalue weighted by molar-refractivity contribution is -0.138. The molecule has 158 valence electrons. The van der Waals surface area contributed by atoms with Crippen LogP contribution in [0.1, 0.15) is 47.5 Å². The summed E-state index contributed by atoms with van der Waals surface area (Å²) >= 11 is 0. The van der Waals surface area contributed by atoms with Crippen LogP contribution in [0.25, 0.3) is 0 Å². The summed E-state index contributed by atoms with van der Waals surface area (Å²) in [5, 5.41) is 15.8. The van der Waals surface area contributed by atoms with E-state index in [0.29, 0.717) is 6.42 Å². The van der Waals surface area contributed by atoms with E-state index in [1.54, 1.807) is 13.8 Å². The molecule has 0 aromatic rings. The quantitative estimate of drug-likeness (QED) is 0.281. The largest absolute Gasteiger partial charge is 0.480 e. The molecule has 0 saturated heterocycles. The number of nitrogens with one attached hydrogen (secondary N) is 3. The van der Waals surface area contributed by atoms with Crippen molar-refractivity contribution >= 4 is 25.5 Å². The molecule has 0 spiro atoms. The zero-order chi connectivity index (χ0) is 21.2. The first-order valence-corrected chi connectivity index (χ1v) is 10.6. The fourth-order valence-electron chi connectivity index (χ4n) is 2.32. The van der Waals surface area contributed by atoms with Crippen molar-refractivity contribution in [3.63, 3.8) is 0 Å². The maximum absolute atomic E-state index is 12.7. The number of hydrogen-bond acceptors (Lipinski definition) is 5. The van der Waals surface area contributed by atoms with E-state index in [9.17, 15) is 23.8 Å². The predicted molar refractivity (Wildman–Crippen MR) is 99.9 cm³/mol. The second-order valence-electron chi connectivity index (χ2n) is 6.73. The Balaban J connectivity index is 5.31. The first kappa shape index (κ1) is 25.5. The van der Waals surface area contributed by atoms with Gasteiger partial charge < -0.3 is 20.6 Å². The second kappa shape index (κ2) is 12.1. The highest BCUT2D eigenvalue weighted by molar-refractivity contribution is 7.50. The van der Waals surface area contributed by atoms with Gasteiger partial charge in [0.1, 0.15) is 12.6 Å². The Kier molecular flexibility index (Phi) is 11.4. The van der Waals surface area contributed by atoms with Gasteiger partial charge in [-0.15, -0.1) is 0 Å². The van der Waals surface area contributed by atoms with Crippen LogP contribution in [0.5, 0.6) is 0 Å². The molecule has 0 aromatic carbocycles. The molecule has 1 unspecified atom stereocenters. The summed E-state index contributed by atoms with van der Waals surface area (Å²) in [5.74, 6) is -2.72. The van der Waals surface area contributed by atoms with Crippen LogP contribution in [-0.4, -0.2) is 53.0 Å². The van der Waals surface area contributed by atoms with E-state index in [0.717, 1.165) is 0 Å². The topological polar surface area (TPSA) is 154 Å². The van der Waals surface area contributed by atoms with Gasteiger partial charge in [-0.05, 0) is 25.2 Å². The van der Waals surface area contributed by atoms with Crippen molar-refractivity contribution in [3.05, 3.63) is 0 Å². The first-order valence-electron chi connectivity index (χ1n) is 8.98. The lowest BCUT2D eigenvalue weighted by atomic mass is 9.97. The maximum atomic E-state index is 12.7. The standard InChI is InChI=1S/C16H32N3O7P/c1-6-11(5)14(19-27(24,25)26-7-2)16(23)18-12(8-10(3)4)15(22)17-9-13(20)21/h10-12,14H,6-9H2,1-5H3,(H,17,22)(H,18,23)(H,20,21)(H2,19,24,25)/t11-,12-,14-/m0/s1. The van der Waals surface area contributed by atoms with E-state index in [4.69, 9.17) is 9.63 Å². The van der Waals surface area contributed by atoms with Gasteiger partial charge in [-0.3, -0.25) is 18.9 Å². The number of hydrogen-bond donors (Lipinski definition) is 5. The van der Waals surface area contributed by atoms with Crippen molar-refractivity contribution in [2.45, 2.75) is 59.5 Å². The SMILES string of the molecule is CCOP(=O)(O)N[C@H](C(=O)N[C@@H](CC(C)C)C(=O)NCC(=O)O)[C@@H](C)CC. The van der Waals surface area contributed by atoms with Gasteiger partial charge in [-0.25, -0.2) is 9.65 Å². The molecule has 0 fully saturated rings. The summed E-state index contributed by atoms with van der Waals surface area (Å²) in [4.78, 5) is 45.4. The molecule has 0 radical (unpaired) electrons. The molecule has 0 bridgehead atoms. The van der Waals surface area contributed by atoms with Crippen LogP contribution in [0.3, 0.4) is 0 Å². The van der Waals surface area contributed by atoms with Crippen LogP contribution in [-0.2, 0) is 23.5 Å². The summed E-state index contributed by atoms with van der Waals surface area (Å²) in [6, 6.07) is -2.02. The molecular formula is C16H32N3O7P. The minimum Gasteiger partial charge on any atom is -0.480 e. The van der Waals surface area contributed by atoms with Crippen molar-refractivity contribution < 1.29 is 33.5 Å². The summed E-state index contributed by atoms with van der Waals surface area (Å²) in [6.45, 7) is 8.23. The highest BCUT2D eigenvalue weighted by Crippen LogP contribution is 2.38. The molecule has 0 rings (SSSR count). The van der Waals surface area contributed by atoms with Gasteiger partial charge in [0.2, 0.25) is 11.8 Å². The lowest BCUT2D eigenvalue weighted by Crippen LogP contribution is -2.54. The van der Waals surface area contributed by atoms with E-state index < -0.39 is 44.2 Å². The zero-order valence-electron chi connectivity index (χ0n) is 16.5. The predicted octanol–water partition coefficient (Wildman–Crippen LogP) is 0.859. The molecule has 4 atom stereocenters. The maximum Gasteiger partial charge on any atom is 0.403 e. The first-order chi connectivity index (χ1) is 12.4. The monoisotopic (exact) mass is 409 g/mol. The minimum absolute atomic E-state index is 0.0107. The Labute approximate surface area is 160 Å². The molecule has 10 nitrogen and oxygen atoms in total. The summed E-state index contributed by atoms with van der Waals surface area (Å²) in [5.41, 5.74) is 0. The van der Waals surface area contributed by atoms with Crippen molar-refractivity contribution in [1.82, 2.24) is 15.7 Å². The third-order valence-corrected chi connectivity index (χ3v) is 5.07. The third-order valence-electron chi connectivity index (χ3n) is 3.86. The number of carbonyl (C=O) groups excluding carboxylic acids is 2. The fourth-order valence-corrected chi connectivity index (χ4v) is 3.47. The van der Waals surface area contributed by atoms with Crippen LogP contribution >= 0.6 is 7.75 Å². The van der Waals surface area contributed by atoms with E-state index in [-0.39, 0.29) is 24.9 Å². The Morgan fingerprint density at radius 1 is 1.11 bits per heavy atom. The molecule has 0 aliphatic heterocycles. The van der Waals surface area contributed by atoms with Crippen molar-refractivity contribution in [3.8, 4) is 0 Å². The smallest absolute Gasteiger partial charge is 0.403 e. The van der Waals surface area contributed by atoms with E-state index >= 15 is 0 Å². The van der Waals surface area contributed by atoms with Crippen LogP contribution in [0.4, 0.5) is 0 Å². The Morgan fingerprint density at radius 3 is 2.15 bits per heavy atom. The van der Waals surface area contributed by atoms with Gasteiger partial charge >= 0.3 is 13.7 Å². The van der Waals surface area contributed by atoms with Gasteiger partial charge in [0, 0.05) is 0 Å². The summed E-state index contributed by atoms with van der Waals surface area (Å²) in [7, 11) is -4.18. The van der Waals surface area contributed by atoms with E-state index in [1.807, 2.05) is 20.8 Å². The third kappa shape index (κ3) is 10.4. The average molecular weight is 409 g/mol. The molecule has 11 heteroatoms. The number of amides is 2. The molecule has 27 heavy (non-hydrogen) atoms. The van der Waals surface area contributed by atoms with E-state index in [1.165, 1.54) is 0 Å². The number of carbonyl (C=O) groups is 3. The van der Waals surface area contributed by atoms with Gasteiger partial charge in [0.15, 0.2) is 0 Å². The van der Waals surface area contributed by atoms with E-state index in [2.05, 4.69) is 15.7 Å². The van der Waals surface area contributed by atoms with Crippen molar-refractivity contribution in [2.75, 3.05) is 13.2 Å². The van der Waals surface area contributed by atoms with Crippen molar-refractivity contribution in [2.24, 2.45) is 11.8 Å². The molecule has 0 heterocycles. The summed E-state index contributed by atoms with van der Waals surface area (Å²) < 4.78 is 16.8. The second-order valence-corrected chi connectivity index (χ2v) is 8.29. The molecule has 2 amide bonds. The number of carboxylic acid groups (broad SMARTS) is 1. The number of carboxylic acids is 1. The van der Waals surface area contributed by atoms with Crippen LogP contribution in [0.2, 0.25) is 0 Å². The van der Waals surface area contributed by atoms with Crippen LogP contribution < -0.4 is 15.7 Å². The minimum atomic E-state index is -4.18. The van der Waals surface area contributed by atoms with Crippen LogP contribution in [0.15, 0.2) is 0 Å². The molecule has 0 saturated carbocycles. The van der Waals surface area contributed by atoms with Gasteiger partial charge in [-0.2, -0.15) is 0 Å². The van der Waals surface area contributed by atoms with Gasteiger partial charge in [-0.1, -0.05) is 34.1 Å². The highest BCUT2D eigenvalue weighted by atomic mass is 31.2. The molecule has 0 aromatic heterocycles. The zero-order valence-corrected chi connectivity index (χ0v) is 17.4. The normalized spacial score (nSPS) is 16.9. The molecule has 0 aliphatic carbocycles.